The van der Waals surface area contributed by atoms with E-state index in [-0.39, 0.29) is 22.5 Å². The van der Waals surface area contributed by atoms with Crippen molar-refractivity contribution in [1.82, 2.24) is 0 Å². The lowest BCUT2D eigenvalue weighted by Crippen LogP contribution is -2.08. The zero-order valence-corrected chi connectivity index (χ0v) is 14.3. The van der Waals surface area contributed by atoms with E-state index in [1.165, 1.54) is 25.1 Å². The summed E-state index contributed by atoms with van der Waals surface area (Å²) in [5, 5.41) is 0. The van der Waals surface area contributed by atoms with Gasteiger partial charge in [-0.2, -0.15) is 26.3 Å². The molecule has 0 aliphatic carbocycles. The maximum absolute atomic E-state index is 12.8. The topological polar surface area (TPSA) is 30.2 Å². The maximum Gasteiger partial charge on any atom is 0.416 e. The first-order chi connectivity index (χ1) is 13.0. The van der Waals surface area contributed by atoms with E-state index >= 15 is 0 Å². The molecule has 0 radical (unpaired) electrons. The van der Waals surface area contributed by atoms with E-state index in [0.717, 1.165) is 36.4 Å². The number of hydrogen-bond acceptors (Lipinski definition) is 2. The Morgan fingerprint density at radius 3 is 1.57 bits per heavy atom. The minimum atomic E-state index is -4.53. The Morgan fingerprint density at radius 2 is 1.14 bits per heavy atom. The molecular weight excluding hydrogens is 386 g/mol. The molecule has 1 aromatic heterocycles. The minimum Gasteiger partial charge on any atom is -0.428 e. The van der Waals surface area contributed by atoms with Crippen LogP contribution in [0, 0.1) is 6.92 Å². The molecule has 2 nitrogen and oxygen atoms in total. The van der Waals surface area contributed by atoms with Gasteiger partial charge in [-0.1, -0.05) is 24.3 Å². The van der Waals surface area contributed by atoms with Crippen molar-refractivity contribution < 1.29 is 30.8 Å². The Hall–Kier alpha value is -3.03. The van der Waals surface area contributed by atoms with Crippen LogP contribution in [0.2, 0.25) is 0 Å². The first kappa shape index (κ1) is 19.7. The van der Waals surface area contributed by atoms with Crippen molar-refractivity contribution >= 4 is 0 Å². The van der Waals surface area contributed by atoms with Gasteiger partial charge < -0.3 is 4.42 Å². The number of aryl methyl sites for hydroxylation is 1. The summed E-state index contributed by atoms with van der Waals surface area (Å²) in [5.74, 6) is 0.218. The van der Waals surface area contributed by atoms with Crippen LogP contribution in [0.1, 0.15) is 16.9 Å². The normalized spacial score (nSPS) is 12.2. The van der Waals surface area contributed by atoms with Crippen molar-refractivity contribution in [3.63, 3.8) is 0 Å². The minimum absolute atomic E-state index is 0.0286. The van der Waals surface area contributed by atoms with Crippen molar-refractivity contribution in [1.29, 1.82) is 0 Å². The Kier molecular flexibility index (Phi) is 4.82. The lowest BCUT2D eigenvalue weighted by Gasteiger charge is -2.12. The summed E-state index contributed by atoms with van der Waals surface area (Å²) < 4.78 is 81.6. The zero-order chi connectivity index (χ0) is 20.7. The smallest absolute Gasteiger partial charge is 0.416 e. The van der Waals surface area contributed by atoms with Crippen LogP contribution in [0.3, 0.4) is 0 Å². The molecule has 0 saturated heterocycles. The molecule has 8 heteroatoms. The van der Waals surface area contributed by atoms with E-state index in [0.29, 0.717) is 5.56 Å². The molecule has 1 heterocycles. The first-order valence-corrected chi connectivity index (χ1v) is 7.97. The lowest BCUT2D eigenvalue weighted by molar-refractivity contribution is -0.138. The molecule has 0 aliphatic heterocycles. The molecule has 0 N–H and O–H groups in total. The predicted octanol–water partition coefficient (Wildman–Crippen LogP) is 6.32. The number of halogens is 6. The van der Waals surface area contributed by atoms with E-state index in [4.69, 9.17) is 4.42 Å². The number of benzene rings is 2. The van der Waals surface area contributed by atoms with Crippen LogP contribution in [0.15, 0.2) is 63.8 Å². The fourth-order valence-electron chi connectivity index (χ4n) is 2.78. The summed E-state index contributed by atoms with van der Waals surface area (Å²) in [6.45, 7) is 1.49. The molecule has 3 aromatic rings. The second-order valence-electron chi connectivity index (χ2n) is 6.08. The molecule has 0 unspecified atom stereocenters. The highest BCUT2D eigenvalue weighted by Gasteiger charge is 2.31. The highest BCUT2D eigenvalue weighted by molar-refractivity contribution is 5.82. The Morgan fingerprint density at radius 1 is 0.714 bits per heavy atom. The summed E-state index contributed by atoms with van der Waals surface area (Å²) in [5.41, 5.74) is -1.83. The predicted molar refractivity (Wildman–Crippen MR) is 90.6 cm³/mol. The molecule has 0 spiro atoms. The van der Waals surface area contributed by atoms with Gasteiger partial charge in [-0.3, -0.25) is 0 Å². The lowest BCUT2D eigenvalue weighted by atomic mass is 9.95. The van der Waals surface area contributed by atoms with Gasteiger partial charge in [0.15, 0.2) is 0 Å². The molecule has 146 valence electrons. The van der Waals surface area contributed by atoms with Crippen molar-refractivity contribution in [2.45, 2.75) is 19.3 Å². The van der Waals surface area contributed by atoms with Crippen LogP contribution < -0.4 is 5.63 Å². The molecule has 3 rings (SSSR count). The third-order valence-corrected chi connectivity index (χ3v) is 4.10. The fourth-order valence-corrected chi connectivity index (χ4v) is 2.78. The van der Waals surface area contributed by atoms with Crippen molar-refractivity contribution in [2.24, 2.45) is 0 Å². The standard InChI is InChI=1S/C20H12F6O2/c1-11-10-16(12-2-6-14(7-3-12)19(21,22)23)17(18(27)28-11)13-4-8-15(9-5-13)20(24,25)26/h2-10H,1H3. The molecule has 2 aromatic carbocycles. The zero-order valence-electron chi connectivity index (χ0n) is 14.3. The monoisotopic (exact) mass is 398 g/mol. The molecule has 0 saturated carbocycles. The van der Waals surface area contributed by atoms with Crippen LogP contribution in [-0.4, -0.2) is 0 Å². The quantitative estimate of drug-likeness (QED) is 0.473. The molecular formula is C20H12F6O2. The van der Waals surface area contributed by atoms with E-state index in [2.05, 4.69) is 0 Å². The molecule has 0 atom stereocenters. The Labute approximate surface area is 155 Å². The number of alkyl halides is 6. The van der Waals surface area contributed by atoms with Gasteiger partial charge in [0.1, 0.15) is 5.76 Å². The molecule has 28 heavy (non-hydrogen) atoms. The summed E-state index contributed by atoms with van der Waals surface area (Å²) in [6, 6.07) is 9.49. The molecule has 0 aliphatic rings. The molecule has 0 amide bonds. The third kappa shape index (κ3) is 3.95. The van der Waals surface area contributed by atoms with Crippen LogP contribution in [0.25, 0.3) is 22.3 Å². The van der Waals surface area contributed by atoms with Gasteiger partial charge in [0, 0.05) is 5.56 Å². The van der Waals surface area contributed by atoms with Crippen LogP contribution >= 0.6 is 0 Å². The highest BCUT2D eigenvalue weighted by Crippen LogP contribution is 2.35. The van der Waals surface area contributed by atoms with Crippen molar-refractivity contribution in [2.75, 3.05) is 0 Å². The Balaban J connectivity index is 2.15. The van der Waals surface area contributed by atoms with E-state index in [9.17, 15) is 31.1 Å². The summed E-state index contributed by atoms with van der Waals surface area (Å²) in [6.07, 6.45) is -9.05. The van der Waals surface area contributed by atoms with Crippen molar-refractivity contribution in [3.8, 4) is 22.3 Å². The summed E-state index contributed by atoms with van der Waals surface area (Å²) in [4.78, 5) is 12.4. The van der Waals surface area contributed by atoms with Crippen LogP contribution in [0.4, 0.5) is 26.3 Å². The second kappa shape index (κ2) is 6.85. The first-order valence-electron chi connectivity index (χ1n) is 7.97. The number of rotatable bonds is 2. The van der Waals surface area contributed by atoms with E-state index < -0.39 is 29.1 Å². The van der Waals surface area contributed by atoms with Gasteiger partial charge in [-0.05, 0) is 48.4 Å². The van der Waals surface area contributed by atoms with Gasteiger partial charge in [-0.25, -0.2) is 4.79 Å². The average molecular weight is 398 g/mol. The van der Waals surface area contributed by atoms with Crippen molar-refractivity contribution in [3.05, 3.63) is 81.9 Å². The summed E-state index contributed by atoms with van der Waals surface area (Å²) in [7, 11) is 0. The van der Waals surface area contributed by atoms with Gasteiger partial charge >= 0.3 is 18.0 Å². The molecule has 0 fully saturated rings. The number of hydrogen-bond donors (Lipinski definition) is 0. The van der Waals surface area contributed by atoms with E-state index in [1.54, 1.807) is 0 Å². The average Bonchev–Trinajstić information content (AvgIpc) is 2.60. The van der Waals surface area contributed by atoms with Gasteiger partial charge in [0.05, 0.1) is 16.7 Å². The second-order valence-corrected chi connectivity index (χ2v) is 6.08. The SMILES string of the molecule is Cc1cc(-c2ccc(C(F)(F)F)cc2)c(-c2ccc(C(F)(F)F)cc2)c(=O)o1. The van der Waals surface area contributed by atoms with Gasteiger partial charge in [-0.15, -0.1) is 0 Å². The van der Waals surface area contributed by atoms with E-state index in [1.807, 2.05) is 0 Å². The Bertz CT molecular complexity index is 1040. The highest BCUT2D eigenvalue weighted by atomic mass is 19.4. The summed E-state index contributed by atoms with van der Waals surface area (Å²) >= 11 is 0. The molecule has 0 bridgehead atoms. The van der Waals surface area contributed by atoms with Gasteiger partial charge in [0.2, 0.25) is 0 Å². The van der Waals surface area contributed by atoms with Gasteiger partial charge in [0.25, 0.3) is 0 Å². The van der Waals surface area contributed by atoms with Crippen LogP contribution in [0.5, 0.6) is 0 Å². The largest absolute Gasteiger partial charge is 0.428 e. The maximum atomic E-state index is 12.8. The third-order valence-electron chi connectivity index (χ3n) is 4.10. The fraction of sp³-hybridized carbons (Fsp3) is 0.150. The van der Waals surface area contributed by atoms with Crippen LogP contribution in [-0.2, 0) is 12.4 Å².